The Balaban J connectivity index is 2.14. The van der Waals surface area contributed by atoms with Crippen molar-refractivity contribution in [3.05, 3.63) is 40.1 Å². The summed E-state index contributed by atoms with van der Waals surface area (Å²) in [7, 11) is -3.80. The third kappa shape index (κ3) is 2.68. The fourth-order valence-electron chi connectivity index (χ4n) is 2.56. The predicted molar refractivity (Wildman–Crippen MR) is 88.4 cm³/mol. The fraction of sp³-hybridized carbons (Fsp3) is 0.267. The van der Waals surface area contributed by atoms with E-state index in [0.29, 0.717) is 16.3 Å². The highest BCUT2D eigenvalue weighted by molar-refractivity contribution is 7.93. The Morgan fingerprint density at radius 1 is 1.35 bits per heavy atom. The van der Waals surface area contributed by atoms with Crippen molar-refractivity contribution in [2.75, 3.05) is 10.8 Å². The first kappa shape index (κ1) is 15.8. The number of nitrogens with two attached hydrogens (primary N) is 1. The Morgan fingerprint density at radius 2 is 2.04 bits per heavy atom. The lowest BCUT2D eigenvalue weighted by Gasteiger charge is -2.34. The van der Waals surface area contributed by atoms with Crippen LogP contribution in [-0.4, -0.2) is 27.0 Å². The number of sulfonamides is 1. The minimum absolute atomic E-state index is 0.136. The number of aryl methyl sites for hydroxylation is 2. The Bertz CT molecular complexity index is 873. The van der Waals surface area contributed by atoms with Crippen LogP contribution in [0.4, 0.5) is 5.69 Å². The lowest BCUT2D eigenvalue weighted by molar-refractivity contribution is -0.124. The molecule has 8 heteroatoms. The van der Waals surface area contributed by atoms with Crippen molar-refractivity contribution >= 4 is 33.0 Å². The summed E-state index contributed by atoms with van der Waals surface area (Å²) < 4.78 is 32.9. The lowest BCUT2D eigenvalue weighted by Crippen LogP contribution is -2.49. The van der Waals surface area contributed by atoms with Gasteiger partial charge in [-0.1, -0.05) is 12.1 Å². The zero-order valence-corrected chi connectivity index (χ0v) is 14.3. The fourth-order valence-corrected chi connectivity index (χ4v) is 5.56. The Morgan fingerprint density at radius 3 is 2.65 bits per heavy atom. The van der Waals surface area contributed by atoms with E-state index in [-0.39, 0.29) is 11.4 Å². The van der Waals surface area contributed by atoms with E-state index < -0.39 is 22.0 Å². The topological polar surface area (TPSA) is 89.7 Å². The second kappa shape index (κ2) is 5.54. The number of primary amides is 1. The van der Waals surface area contributed by atoms with Gasteiger partial charge in [0.05, 0.1) is 12.2 Å². The Kier molecular flexibility index (Phi) is 3.81. The van der Waals surface area contributed by atoms with Crippen LogP contribution in [0.1, 0.15) is 9.75 Å². The summed E-state index contributed by atoms with van der Waals surface area (Å²) in [6.07, 6.45) is -1.01. The number of carbonyl (C=O) groups excluding carboxylic acids is 1. The van der Waals surface area contributed by atoms with E-state index in [0.717, 1.165) is 4.88 Å². The maximum absolute atomic E-state index is 13.1. The number of ether oxygens (including phenoxy) is 1. The first-order chi connectivity index (χ1) is 10.8. The zero-order valence-electron chi connectivity index (χ0n) is 12.6. The van der Waals surface area contributed by atoms with Crippen molar-refractivity contribution in [3.63, 3.8) is 0 Å². The molecule has 0 radical (unpaired) electrons. The van der Waals surface area contributed by atoms with Gasteiger partial charge in [-0.2, -0.15) is 0 Å². The van der Waals surface area contributed by atoms with Crippen LogP contribution in [0.3, 0.4) is 0 Å². The molecule has 1 aliphatic rings. The minimum atomic E-state index is -3.80. The van der Waals surface area contributed by atoms with E-state index in [9.17, 15) is 13.2 Å². The molecule has 1 atom stereocenters. The van der Waals surface area contributed by atoms with Gasteiger partial charge in [0, 0.05) is 9.75 Å². The van der Waals surface area contributed by atoms with E-state index >= 15 is 0 Å². The number of carbonyl (C=O) groups is 1. The lowest BCUT2D eigenvalue weighted by atomic mass is 10.2. The third-order valence-electron chi connectivity index (χ3n) is 3.62. The summed E-state index contributed by atoms with van der Waals surface area (Å²) in [5.41, 5.74) is 5.73. The number of rotatable bonds is 3. The average Bonchev–Trinajstić information content (AvgIpc) is 2.85. The molecule has 2 N–H and O–H groups in total. The SMILES string of the molecule is Cc1cc(S(=O)(=O)N2C[C@H](C(N)=O)Oc3ccccc32)c(C)s1. The van der Waals surface area contributed by atoms with Gasteiger partial charge < -0.3 is 10.5 Å². The van der Waals surface area contributed by atoms with Gasteiger partial charge in [0.1, 0.15) is 10.6 Å². The molecule has 0 aliphatic carbocycles. The van der Waals surface area contributed by atoms with E-state index in [1.165, 1.54) is 15.6 Å². The first-order valence-corrected chi connectivity index (χ1v) is 9.21. The van der Waals surface area contributed by atoms with Gasteiger partial charge >= 0.3 is 0 Å². The van der Waals surface area contributed by atoms with E-state index in [1.54, 1.807) is 37.3 Å². The Labute approximate surface area is 138 Å². The van der Waals surface area contributed by atoms with E-state index in [4.69, 9.17) is 10.5 Å². The second-order valence-electron chi connectivity index (χ2n) is 5.29. The third-order valence-corrected chi connectivity index (χ3v) is 6.62. The standard InChI is InChI=1S/C15H16N2O4S2/c1-9-7-14(10(2)22-9)23(19,20)17-8-13(15(16)18)21-12-6-4-3-5-11(12)17/h3-7,13H,8H2,1-2H3,(H2,16,18)/t13-/m1/s1. The molecule has 2 aromatic rings. The van der Waals surface area contributed by atoms with Crippen LogP contribution in [0.2, 0.25) is 0 Å². The zero-order chi connectivity index (χ0) is 16.8. The molecule has 2 heterocycles. The number of hydrogen-bond acceptors (Lipinski definition) is 5. The molecule has 0 unspecified atom stereocenters. The normalized spacial score (nSPS) is 17.5. The molecule has 1 amide bonds. The van der Waals surface area contributed by atoms with Gasteiger partial charge in [-0.15, -0.1) is 11.3 Å². The molecule has 0 saturated carbocycles. The number of benzene rings is 1. The summed E-state index contributed by atoms with van der Waals surface area (Å²) in [6.45, 7) is 3.49. The minimum Gasteiger partial charge on any atom is -0.476 e. The molecule has 0 spiro atoms. The van der Waals surface area contributed by atoms with E-state index in [2.05, 4.69) is 0 Å². The van der Waals surface area contributed by atoms with Gasteiger partial charge in [-0.3, -0.25) is 9.10 Å². The van der Waals surface area contributed by atoms with Gasteiger partial charge in [-0.05, 0) is 32.0 Å². The molecule has 6 nitrogen and oxygen atoms in total. The van der Waals surface area contributed by atoms with Crippen molar-refractivity contribution < 1.29 is 17.9 Å². The maximum Gasteiger partial charge on any atom is 0.265 e. The van der Waals surface area contributed by atoms with Crippen LogP contribution in [0.5, 0.6) is 5.75 Å². The summed E-state index contributed by atoms with van der Waals surface area (Å²) in [5.74, 6) is -0.367. The molecule has 0 saturated heterocycles. The highest BCUT2D eigenvalue weighted by Gasteiger charge is 2.37. The number of hydrogen-bond donors (Lipinski definition) is 1. The number of para-hydroxylation sites is 2. The van der Waals surface area contributed by atoms with Crippen LogP contribution in [0, 0.1) is 13.8 Å². The van der Waals surface area contributed by atoms with Gasteiger partial charge in [-0.25, -0.2) is 8.42 Å². The van der Waals surface area contributed by atoms with Crippen LogP contribution >= 0.6 is 11.3 Å². The highest BCUT2D eigenvalue weighted by atomic mass is 32.2. The molecular formula is C15H16N2O4S2. The molecular weight excluding hydrogens is 336 g/mol. The van der Waals surface area contributed by atoms with Crippen LogP contribution in [0.25, 0.3) is 0 Å². The van der Waals surface area contributed by atoms with Crippen LogP contribution in [0.15, 0.2) is 35.2 Å². The largest absolute Gasteiger partial charge is 0.476 e. The highest BCUT2D eigenvalue weighted by Crippen LogP contribution is 2.38. The Hall–Kier alpha value is -2.06. The molecule has 23 heavy (non-hydrogen) atoms. The second-order valence-corrected chi connectivity index (χ2v) is 8.58. The summed E-state index contributed by atoms with van der Waals surface area (Å²) in [4.78, 5) is 13.4. The molecule has 1 aromatic carbocycles. The molecule has 122 valence electrons. The van der Waals surface area contributed by atoms with E-state index in [1.807, 2.05) is 6.92 Å². The molecule has 3 rings (SSSR count). The monoisotopic (exact) mass is 352 g/mol. The average molecular weight is 352 g/mol. The molecule has 1 aromatic heterocycles. The molecule has 0 bridgehead atoms. The molecule has 0 fully saturated rings. The van der Waals surface area contributed by atoms with Gasteiger partial charge in [0.15, 0.2) is 6.10 Å². The van der Waals surface area contributed by atoms with Gasteiger partial charge in [0.25, 0.3) is 15.9 Å². The number of thiophene rings is 1. The summed E-state index contributed by atoms with van der Waals surface area (Å²) in [6, 6.07) is 8.36. The van der Waals surface area contributed by atoms with Crippen molar-refractivity contribution in [1.29, 1.82) is 0 Å². The number of nitrogens with zero attached hydrogens (tertiary/aromatic N) is 1. The number of fused-ring (bicyclic) bond motifs is 1. The van der Waals surface area contributed by atoms with Crippen molar-refractivity contribution in [2.45, 2.75) is 24.8 Å². The predicted octanol–water partition coefficient (Wildman–Crippen LogP) is 1.81. The quantitative estimate of drug-likeness (QED) is 0.912. The van der Waals surface area contributed by atoms with Crippen LogP contribution in [-0.2, 0) is 14.8 Å². The smallest absolute Gasteiger partial charge is 0.265 e. The summed E-state index contributed by atoms with van der Waals surface area (Å²) >= 11 is 1.42. The molecule has 1 aliphatic heterocycles. The number of amides is 1. The van der Waals surface area contributed by atoms with Crippen molar-refractivity contribution in [2.24, 2.45) is 5.73 Å². The number of anilines is 1. The van der Waals surface area contributed by atoms with Crippen molar-refractivity contribution in [1.82, 2.24) is 0 Å². The summed E-state index contributed by atoms with van der Waals surface area (Å²) in [5, 5.41) is 0. The van der Waals surface area contributed by atoms with Crippen molar-refractivity contribution in [3.8, 4) is 5.75 Å². The maximum atomic E-state index is 13.1. The van der Waals surface area contributed by atoms with Gasteiger partial charge in [0.2, 0.25) is 0 Å². The first-order valence-electron chi connectivity index (χ1n) is 6.95. The van der Waals surface area contributed by atoms with Crippen LogP contribution < -0.4 is 14.8 Å².